The predicted octanol–water partition coefficient (Wildman–Crippen LogP) is 2.81. The number of aromatic nitrogens is 4. The molecule has 2 aromatic heterocycles. The van der Waals surface area contributed by atoms with E-state index in [1.165, 1.54) is 0 Å². The summed E-state index contributed by atoms with van der Waals surface area (Å²) in [7, 11) is 0. The fourth-order valence-electron chi connectivity index (χ4n) is 2.55. The average molecular weight is 344 g/mol. The first-order valence-electron chi connectivity index (χ1n) is 7.67. The average Bonchev–Trinajstić information content (AvgIpc) is 2.90. The zero-order valence-corrected chi connectivity index (χ0v) is 14.5. The zero-order chi connectivity index (χ0) is 17.3. The smallest absolute Gasteiger partial charge is 0.252 e. The fraction of sp³-hybridized carbons (Fsp3) is 0.294. The highest BCUT2D eigenvalue weighted by atomic mass is 35.5. The molecule has 6 nitrogen and oxygen atoms in total. The maximum atomic E-state index is 12.2. The molecule has 1 atom stereocenters. The maximum Gasteiger partial charge on any atom is 0.252 e. The molecule has 2 heterocycles. The molecular weight excluding hydrogens is 326 g/mol. The number of halogens is 1. The van der Waals surface area contributed by atoms with E-state index in [9.17, 15) is 4.79 Å². The van der Waals surface area contributed by atoms with Crippen LogP contribution in [-0.2, 0) is 11.2 Å². The Hall–Kier alpha value is -2.47. The molecule has 24 heavy (non-hydrogen) atoms. The lowest BCUT2D eigenvalue weighted by Gasteiger charge is -2.13. The van der Waals surface area contributed by atoms with Gasteiger partial charge in [-0.3, -0.25) is 4.79 Å². The summed E-state index contributed by atoms with van der Waals surface area (Å²) in [6.45, 7) is 5.76. The third-order valence-corrected chi connectivity index (χ3v) is 3.98. The van der Waals surface area contributed by atoms with Gasteiger partial charge < -0.3 is 5.32 Å². The van der Waals surface area contributed by atoms with Crippen molar-refractivity contribution in [3.05, 3.63) is 58.1 Å². The summed E-state index contributed by atoms with van der Waals surface area (Å²) in [4.78, 5) is 20.9. The summed E-state index contributed by atoms with van der Waals surface area (Å²) in [5.74, 6) is 0.834. The Morgan fingerprint density at radius 2 is 1.96 bits per heavy atom. The monoisotopic (exact) mass is 343 g/mol. The number of aryl methyl sites for hydroxylation is 2. The molecule has 0 fully saturated rings. The number of nitrogens with zero attached hydrogens (tertiary/aromatic N) is 4. The Morgan fingerprint density at radius 1 is 1.25 bits per heavy atom. The Balaban J connectivity index is 1.70. The molecule has 0 saturated carbocycles. The number of hydrogen-bond donors (Lipinski definition) is 1. The van der Waals surface area contributed by atoms with E-state index in [1.807, 2.05) is 39.0 Å². The van der Waals surface area contributed by atoms with Gasteiger partial charge in [-0.1, -0.05) is 23.7 Å². The van der Waals surface area contributed by atoms with Crippen molar-refractivity contribution in [3.63, 3.8) is 0 Å². The summed E-state index contributed by atoms with van der Waals surface area (Å²) >= 11 is 5.88. The van der Waals surface area contributed by atoms with Crippen molar-refractivity contribution in [2.75, 3.05) is 0 Å². The Bertz CT molecular complexity index is 888. The lowest BCUT2D eigenvalue weighted by atomic mass is 10.1. The zero-order valence-electron chi connectivity index (χ0n) is 13.7. The highest BCUT2D eigenvalue weighted by Gasteiger charge is 2.14. The largest absolute Gasteiger partial charge is 0.349 e. The van der Waals surface area contributed by atoms with E-state index in [2.05, 4.69) is 20.4 Å². The molecule has 0 spiro atoms. The van der Waals surface area contributed by atoms with Gasteiger partial charge in [0.25, 0.3) is 5.78 Å². The van der Waals surface area contributed by atoms with E-state index in [1.54, 1.807) is 16.6 Å². The van der Waals surface area contributed by atoms with Gasteiger partial charge >= 0.3 is 0 Å². The number of rotatable bonds is 4. The molecule has 0 aliphatic heterocycles. The first kappa shape index (κ1) is 16.4. The summed E-state index contributed by atoms with van der Waals surface area (Å²) in [5, 5.41) is 7.96. The number of fused-ring (bicyclic) bond motifs is 1. The second-order valence-electron chi connectivity index (χ2n) is 5.80. The van der Waals surface area contributed by atoms with Crippen LogP contribution in [0.5, 0.6) is 0 Å². The normalized spacial score (nSPS) is 12.3. The molecule has 0 unspecified atom stereocenters. The fourth-order valence-corrected chi connectivity index (χ4v) is 2.68. The van der Waals surface area contributed by atoms with E-state index in [4.69, 9.17) is 11.6 Å². The molecule has 3 rings (SSSR count). The molecule has 0 saturated heterocycles. The molecule has 0 aliphatic carbocycles. The number of hydrogen-bond acceptors (Lipinski definition) is 4. The summed E-state index contributed by atoms with van der Waals surface area (Å²) in [5.41, 5.74) is 2.80. The van der Waals surface area contributed by atoms with Crippen LogP contribution < -0.4 is 5.32 Å². The van der Waals surface area contributed by atoms with Crippen LogP contribution in [0.25, 0.3) is 5.78 Å². The van der Waals surface area contributed by atoms with Crippen molar-refractivity contribution in [1.82, 2.24) is 24.9 Å². The minimum atomic E-state index is -0.136. The third-order valence-electron chi connectivity index (χ3n) is 3.73. The third kappa shape index (κ3) is 3.54. The summed E-state index contributed by atoms with van der Waals surface area (Å²) in [6, 6.07) is 9.21. The van der Waals surface area contributed by atoms with Crippen LogP contribution in [0.15, 0.2) is 30.3 Å². The van der Waals surface area contributed by atoms with Crippen molar-refractivity contribution in [1.29, 1.82) is 0 Å². The van der Waals surface area contributed by atoms with Crippen LogP contribution in [0.1, 0.15) is 35.7 Å². The predicted molar refractivity (Wildman–Crippen MR) is 92.0 cm³/mol. The first-order chi connectivity index (χ1) is 11.4. The number of benzene rings is 1. The molecule has 1 amide bonds. The standard InChI is InChI=1S/C17H18ClN5O/c1-10-8-11(2)23-17(19-10)21-15(22-23)9-16(24)20-12(3)13-4-6-14(18)7-5-13/h4-8,12H,9H2,1-3H3,(H,20,24)/t12-/m1/s1. The molecular formula is C17H18ClN5O. The van der Waals surface area contributed by atoms with Crippen molar-refractivity contribution in [3.8, 4) is 0 Å². The van der Waals surface area contributed by atoms with Gasteiger partial charge in [0.15, 0.2) is 5.82 Å². The molecule has 0 bridgehead atoms. The van der Waals surface area contributed by atoms with Crippen LogP contribution >= 0.6 is 11.6 Å². The molecule has 0 aliphatic rings. The minimum Gasteiger partial charge on any atom is -0.349 e. The van der Waals surface area contributed by atoms with E-state index in [0.717, 1.165) is 17.0 Å². The van der Waals surface area contributed by atoms with Gasteiger partial charge in [-0.25, -0.2) is 9.50 Å². The van der Waals surface area contributed by atoms with E-state index < -0.39 is 0 Å². The van der Waals surface area contributed by atoms with Crippen LogP contribution in [0.3, 0.4) is 0 Å². The highest BCUT2D eigenvalue weighted by Crippen LogP contribution is 2.16. The molecule has 3 aromatic rings. The van der Waals surface area contributed by atoms with Crippen LogP contribution in [-0.4, -0.2) is 25.5 Å². The van der Waals surface area contributed by atoms with E-state index in [0.29, 0.717) is 16.6 Å². The van der Waals surface area contributed by atoms with Crippen molar-refractivity contribution in [2.45, 2.75) is 33.2 Å². The SMILES string of the molecule is Cc1cc(C)n2nc(CC(=O)N[C@H](C)c3ccc(Cl)cc3)nc2n1. The van der Waals surface area contributed by atoms with Crippen molar-refractivity contribution in [2.24, 2.45) is 0 Å². The quantitative estimate of drug-likeness (QED) is 0.790. The van der Waals surface area contributed by atoms with Crippen LogP contribution in [0.2, 0.25) is 5.02 Å². The Morgan fingerprint density at radius 3 is 2.67 bits per heavy atom. The van der Waals surface area contributed by atoms with Gasteiger partial charge in [-0.05, 0) is 44.5 Å². The highest BCUT2D eigenvalue weighted by molar-refractivity contribution is 6.30. The van der Waals surface area contributed by atoms with Gasteiger partial charge in [-0.2, -0.15) is 4.98 Å². The molecule has 124 valence electrons. The first-order valence-corrected chi connectivity index (χ1v) is 8.05. The molecule has 0 radical (unpaired) electrons. The lowest BCUT2D eigenvalue weighted by molar-refractivity contribution is -0.121. The lowest BCUT2D eigenvalue weighted by Crippen LogP contribution is -2.28. The maximum absolute atomic E-state index is 12.2. The number of carbonyl (C=O) groups excluding carboxylic acids is 1. The van der Waals surface area contributed by atoms with Crippen molar-refractivity contribution < 1.29 is 4.79 Å². The second kappa shape index (κ2) is 6.57. The summed E-state index contributed by atoms with van der Waals surface area (Å²) in [6.07, 6.45) is 0.111. The molecule has 1 aromatic carbocycles. The Labute approximate surface area is 144 Å². The number of amides is 1. The van der Waals surface area contributed by atoms with Gasteiger partial charge in [-0.15, -0.1) is 5.10 Å². The van der Waals surface area contributed by atoms with Gasteiger partial charge in [0.1, 0.15) is 0 Å². The van der Waals surface area contributed by atoms with Gasteiger partial charge in [0, 0.05) is 16.4 Å². The number of carbonyl (C=O) groups is 1. The minimum absolute atomic E-state index is 0.111. The van der Waals surface area contributed by atoms with Gasteiger partial charge in [0.2, 0.25) is 5.91 Å². The number of nitrogens with one attached hydrogen (secondary N) is 1. The summed E-state index contributed by atoms with van der Waals surface area (Å²) < 4.78 is 1.65. The van der Waals surface area contributed by atoms with Gasteiger partial charge in [0.05, 0.1) is 12.5 Å². The molecule has 1 N–H and O–H groups in total. The van der Waals surface area contributed by atoms with Crippen molar-refractivity contribution >= 4 is 23.3 Å². The second-order valence-corrected chi connectivity index (χ2v) is 6.23. The van der Waals surface area contributed by atoms with E-state index in [-0.39, 0.29) is 18.4 Å². The van der Waals surface area contributed by atoms with Crippen LogP contribution in [0.4, 0.5) is 0 Å². The van der Waals surface area contributed by atoms with E-state index >= 15 is 0 Å². The van der Waals surface area contributed by atoms with Crippen LogP contribution in [0, 0.1) is 13.8 Å². The Kier molecular flexibility index (Phi) is 4.49. The topological polar surface area (TPSA) is 72.2 Å². The molecule has 7 heteroatoms.